The molecule has 0 aliphatic carbocycles. The summed E-state index contributed by atoms with van der Waals surface area (Å²) in [4.78, 5) is 16.5. The smallest absolute Gasteiger partial charge is 0.238 e. The van der Waals surface area contributed by atoms with Gasteiger partial charge in [-0.05, 0) is 30.5 Å². The maximum Gasteiger partial charge on any atom is 0.238 e. The minimum atomic E-state index is -3.67. The molecule has 3 N–H and O–H groups in total. The average Bonchev–Trinajstić information content (AvgIpc) is 3.02. The number of nitrogens with zero attached hydrogens (tertiary/aromatic N) is 3. The summed E-state index contributed by atoms with van der Waals surface area (Å²) in [6.07, 6.45) is 3.67. The highest BCUT2D eigenvalue weighted by molar-refractivity contribution is 7.89. The van der Waals surface area contributed by atoms with Crippen LogP contribution in [-0.2, 0) is 34.2 Å². The number of aryl methyl sites for hydroxylation is 1. The van der Waals surface area contributed by atoms with Crippen LogP contribution >= 0.6 is 0 Å². The van der Waals surface area contributed by atoms with Gasteiger partial charge < -0.3 is 5.32 Å². The SMILES string of the molecule is NS(=O)(=O)c1ccc(CCNC(=O)C2CCc3ncnn3C2)cc1. The van der Waals surface area contributed by atoms with Crippen molar-refractivity contribution in [2.24, 2.45) is 11.1 Å². The minimum Gasteiger partial charge on any atom is -0.355 e. The molecule has 128 valence electrons. The Balaban J connectivity index is 1.49. The van der Waals surface area contributed by atoms with Crippen molar-refractivity contribution < 1.29 is 13.2 Å². The second kappa shape index (κ2) is 6.70. The Bertz CT molecular complexity index is 829. The monoisotopic (exact) mass is 349 g/mol. The van der Waals surface area contributed by atoms with E-state index in [1.165, 1.54) is 18.5 Å². The van der Waals surface area contributed by atoms with E-state index in [0.29, 0.717) is 19.5 Å². The lowest BCUT2D eigenvalue weighted by Crippen LogP contribution is -2.37. The van der Waals surface area contributed by atoms with E-state index in [2.05, 4.69) is 15.4 Å². The molecule has 2 aromatic rings. The van der Waals surface area contributed by atoms with Gasteiger partial charge >= 0.3 is 0 Å². The maximum absolute atomic E-state index is 12.2. The number of amides is 1. The number of hydrogen-bond donors (Lipinski definition) is 2. The van der Waals surface area contributed by atoms with Crippen molar-refractivity contribution in [1.29, 1.82) is 0 Å². The van der Waals surface area contributed by atoms with Gasteiger partial charge in [0, 0.05) is 13.0 Å². The van der Waals surface area contributed by atoms with Gasteiger partial charge in [0.2, 0.25) is 15.9 Å². The number of sulfonamides is 1. The van der Waals surface area contributed by atoms with Crippen LogP contribution in [0.25, 0.3) is 0 Å². The zero-order chi connectivity index (χ0) is 17.2. The largest absolute Gasteiger partial charge is 0.355 e. The molecule has 3 rings (SSSR count). The Morgan fingerprint density at radius 3 is 2.79 bits per heavy atom. The number of nitrogens with one attached hydrogen (secondary N) is 1. The van der Waals surface area contributed by atoms with Crippen LogP contribution in [0.5, 0.6) is 0 Å². The highest BCUT2D eigenvalue weighted by Gasteiger charge is 2.25. The van der Waals surface area contributed by atoms with E-state index in [4.69, 9.17) is 5.14 Å². The summed E-state index contributed by atoms with van der Waals surface area (Å²) in [6.45, 7) is 1.05. The Kier molecular flexibility index (Phi) is 4.63. The number of carbonyl (C=O) groups is 1. The van der Waals surface area contributed by atoms with E-state index in [9.17, 15) is 13.2 Å². The van der Waals surface area contributed by atoms with Crippen molar-refractivity contribution in [2.75, 3.05) is 6.54 Å². The first-order valence-corrected chi connectivity index (χ1v) is 9.24. The van der Waals surface area contributed by atoms with Crippen LogP contribution in [0.4, 0.5) is 0 Å². The fraction of sp³-hybridized carbons (Fsp3) is 0.400. The number of fused-ring (bicyclic) bond motifs is 1. The lowest BCUT2D eigenvalue weighted by atomic mass is 9.99. The molecule has 8 nitrogen and oxygen atoms in total. The average molecular weight is 349 g/mol. The van der Waals surface area contributed by atoms with Gasteiger partial charge in [0.15, 0.2) is 0 Å². The fourth-order valence-corrected chi connectivity index (χ4v) is 3.29. The highest BCUT2D eigenvalue weighted by Crippen LogP contribution is 2.17. The number of rotatable bonds is 5. The molecule has 24 heavy (non-hydrogen) atoms. The lowest BCUT2D eigenvalue weighted by molar-refractivity contribution is -0.126. The number of benzene rings is 1. The number of nitrogens with two attached hydrogens (primary N) is 1. The lowest BCUT2D eigenvalue weighted by Gasteiger charge is -2.21. The van der Waals surface area contributed by atoms with E-state index in [1.54, 1.807) is 16.8 Å². The van der Waals surface area contributed by atoms with Crippen molar-refractivity contribution in [2.45, 2.75) is 30.7 Å². The van der Waals surface area contributed by atoms with Gasteiger partial charge in [-0.3, -0.25) is 4.79 Å². The summed E-state index contributed by atoms with van der Waals surface area (Å²) in [6, 6.07) is 6.35. The zero-order valence-electron chi connectivity index (χ0n) is 13.1. The molecule has 0 radical (unpaired) electrons. The molecule has 1 unspecified atom stereocenters. The van der Waals surface area contributed by atoms with Crippen LogP contribution in [0.15, 0.2) is 35.5 Å². The molecule has 9 heteroatoms. The van der Waals surface area contributed by atoms with E-state index in [1.807, 2.05) is 0 Å². The highest BCUT2D eigenvalue weighted by atomic mass is 32.2. The van der Waals surface area contributed by atoms with Crippen LogP contribution in [0.2, 0.25) is 0 Å². The first kappa shape index (κ1) is 16.6. The van der Waals surface area contributed by atoms with Crippen LogP contribution in [0, 0.1) is 5.92 Å². The number of aromatic nitrogens is 3. The predicted molar refractivity (Wildman–Crippen MR) is 86.4 cm³/mol. The molecule has 1 amide bonds. The van der Waals surface area contributed by atoms with Crippen molar-refractivity contribution in [3.05, 3.63) is 42.0 Å². The summed E-state index contributed by atoms with van der Waals surface area (Å²) >= 11 is 0. The molecule has 1 atom stereocenters. The molecule has 0 spiro atoms. The second-order valence-corrected chi connectivity index (χ2v) is 7.39. The van der Waals surface area contributed by atoms with Gasteiger partial charge in [0.25, 0.3) is 0 Å². The number of hydrogen-bond acceptors (Lipinski definition) is 5. The standard InChI is InChI=1S/C15H19N5O3S/c16-24(22,23)13-4-1-11(2-5-13)7-8-17-15(21)12-3-6-14-18-10-19-20(14)9-12/h1-2,4-5,10,12H,3,6-9H2,(H,17,21)(H2,16,22,23). The number of primary sulfonamides is 1. The van der Waals surface area contributed by atoms with Gasteiger partial charge in [-0.2, -0.15) is 5.10 Å². The molecule has 0 fully saturated rings. The van der Waals surface area contributed by atoms with Crippen molar-refractivity contribution >= 4 is 15.9 Å². The maximum atomic E-state index is 12.2. The zero-order valence-corrected chi connectivity index (χ0v) is 13.9. The Morgan fingerprint density at radius 2 is 2.08 bits per heavy atom. The fourth-order valence-electron chi connectivity index (χ4n) is 2.77. The Hall–Kier alpha value is -2.26. The molecular weight excluding hydrogens is 330 g/mol. The molecule has 0 saturated carbocycles. The van der Waals surface area contributed by atoms with Gasteiger partial charge in [-0.1, -0.05) is 12.1 Å². The van der Waals surface area contributed by atoms with Crippen molar-refractivity contribution in [1.82, 2.24) is 20.1 Å². The van der Waals surface area contributed by atoms with Gasteiger partial charge in [0.1, 0.15) is 12.2 Å². The molecular formula is C15H19N5O3S. The van der Waals surface area contributed by atoms with E-state index < -0.39 is 10.0 Å². The molecule has 1 aromatic carbocycles. The summed E-state index contributed by atoms with van der Waals surface area (Å²) in [5.41, 5.74) is 0.935. The summed E-state index contributed by atoms with van der Waals surface area (Å²) in [7, 11) is -3.67. The first-order valence-electron chi connectivity index (χ1n) is 7.69. The molecule has 1 aliphatic heterocycles. The normalized spacial score (nSPS) is 17.3. The summed E-state index contributed by atoms with van der Waals surface area (Å²) < 4.78 is 24.2. The van der Waals surface area contributed by atoms with Crippen LogP contribution in [0.1, 0.15) is 17.8 Å². The minimum absolute atomic E-state index is 0.0114. The topological polar surface area (TPSA) is 120 Å². The molecule has 2 heterocycles. The Labute approximate surface area is 140 Å². The quantitative estimate of drug-likeness (QED) is 0.777. The predicted octanol–water partition coefficient (Wildman–Crippen LogP) is -0.153. The van der Waals surface area contributed by atoms with Crippen molar-refractivity contribution in [3.8, 4) is 0 Å². The van der Waals surface area contributed by atoms with Gasteiger partial charge in [0.05, 0.1) is 17.4 Å². The molecule has 0 saturated heterocycles. The third-order valence-corrected chi connectivity index (χ3v) is 5.07. The molecule has 1 aliphatic rings. The summed E-state index contributed by atoms with van der Waals surface area (Å²) in [5.74, 6) is 0.843. The van der Waals surface area contributed by atoms with Crippen molar-refractivity contribution in [3.63, 3.8) is 0 Å². The molecule has 1 aromatic heterocycles. The van der Waals surface area contributed by atoms with E-state index in [-0.39, 0.29) is 16.7 Å². The van der Waals surface area contributed by atoms with E-state index >= 15 is 0 Å². The van der Waals surface area contributed by atoms with E-state index in [0.717, 1.165) is 24.2 Å². The van der Waals surface area contributed by atoms with Crippen LogP contribution in [0.3, 0.4) is 0 Å². The first-order chi connectivity index (χ1) is 11.4. The van der Waals surface area contributed by atoms with Gasteiger partial charge in [-0.25, -0.2) is 23.2 Å². The summed E-state index contributed by atoms with van der Waals surface area (Å²) in [5, 5.41) is 12.1. The third-order valence-electron chi connectivity index (χ3n) is 4.14. The number of carbonyl (C=O) groups excluding carboxylic acids is 1. The van der Waals surface area contributed by atoms with Crippen LogP contribution < -0.4 is 10.5 Å². The van der Waals surface area contributed by atoms with Crippen LogP contribution in [-0.4, -0.2) is 35.6 Å². The second-order valence-electron chi connectivity index (χ2n) is 5.82. The van der Waals surface area contributed by atoms with Gasteiger partial charge in [-0.15, -0.1) is 0 Å². The molecule has 0 bridgehead atoms. The Morgan fingerprint density at radius 1 is 1.33 bits per heavy atom. The third kappa shape index (κ3) is 3.80.